The molecule has 0 aliphatic carbocycles. The van der Waals surface area contributed by atoms with Crippen LogP contribution in [-0.2, 0) is 14.2 Å². The van der Waals surface area contributed by atoms with Gasteiger partial charge in [-0.1, -0.05) is 206 Å². The summed E-state index contributed by atoms with van der Waals surface area (Å²) in [7, 11) is 0. The van der Waals surface area contributed by atoms with E-state index in [4.69, 9.17) is 14.2 Å². The summed E-state index contributed by atoms with van der Waals surface area (Å²) in [6.07, 6.45) is 46.3. The molecule has 3 heteroatoms. The van der Waals surface area contributed by atoms with Gasteiger partial charge >= 0.3 is 0 Å². The van der Waals surface area contributed by atoms with Gasteiger partial charge in [-0.3, -0.25) is 0 Å². The van der Waals surface area contributed by atoms with Crippen LogP contribution in [0, 0.1) is 0 Å². The fraction of sp³-hybridized carbons (Fsp3) is 1.00. The Morgan fingerprint density at radius 1 is 0.372 bits per heavy atom. The molecule has 0 radical (unpaired) electrons. The Labute approximate surface area is 270 Å². The first kappa shape index (κ1) is 39.1. The average Bonchev–Trinajstić information content (AvgIpc) is 3.94. The van der Waals surface area contributed by atoms with Crippen molar-refractivity contribution < 1.29 is 14.2 Å². The molecule has 0 bridgehead atoms. The van der Waals surface area contributed by atoms with Gasteiger partial charge in [-0.05, 0) is 12.8 Å². The van der Waals surface area contributed by atoms with Crippen molar-refractivity contribution in [2.24, 2.45) is 0 Å². The first-order valence-corrected chi connectivity index (χ1v) is 20.2. The Kier molecular flexibility index (Phi) is 26.6. The molecular formula is C40H78O3. The predicted octanol–water partition coefficient (Wildman–Crippen LogP) is 13.1. The van der Waals surface area contributed by atoms with Crippen LogP contribution in [0.2, 0.25) is 0 Å². The summed E-state index contributed by atoms with van der Waals surface area (Å²) >= 11 is 0. The highest BCUT2D eigenvalue weighted by Crippen LogP contribution is 2.29. The Morgan fingerprint density at radius 2 is 0.581 bits per heavy atom. The molecule has 2 heterocycles. The maximum absolute atomic E-state index is 6.69. The lowest BCUT2D eigenvalue weighted by Crippen LogP contribution is -2.30. The van der Waals surface area contributed by atoms with Gasteiger partial charge in [0.05, 0.1) is 25.4 Å². The second-order valence-electron chi connectivity index (χ2n) is 14.4. The van der Waals surface area contributed by atoms with Gasteiger partial charge in [0.25, 0.3) is 0 Å². The molecule has 4 atom stereocenters. The molecule has 0 amide bonds. The zero-order chi connectivity index (χ0) is 30.5. The van der Waals surface area contributed by atoms with E-state index in [1.54, 1.807) is 0 Å². The first-order valence-electron chi connectivity index (χ1n) is 20.2. The van der Waals surface area contributed by atoms with Crippen LogP contribution in [0.4, 0.5) is 0 Å². The SMILES string of the molecule is CCCCCCCCCCCCCCCCCC(OC(CCCCCCCCCCCCCCCCC)C1CO1)C1CO1. The van der Waals surface area contributed by atoms with E-state index in [9.17, 15) is 0 Å². The van der Waals surface area contributed by atoms with Crippen molar-refractivity contribution in [2.75, 3.05) is 13.2 Å². The number of hydrogen-bond acceptors (Lipinski definition) is 3. The Balaban J connectivity index is 1.37. The fourth-order valence-corrected chi connectivity index (χ4v) is 6.88. The summed E-state index contributed by atoms with van der Waals surface area (Å²) in [6.45, 7) is 6.41. The lowest BCUT2D eigenvalue weighted by molar-refractivity contribution is -0.0468. The molecule has 256 valence electrons. The van der Waals surface area contributed by atoms with Crippen LogP contribution in [0.5, 0.6) is 0 Å². The zero-order valence-corrected chi connectivity index (χ0v) is 29.6. The Morgan fingerprint density at radius 3 is 0.791 bits per heavy atom. The Bertz CT molecular complexity index is 510. The highest BCUT2D eigenvalue weighted by atomic mass is 16.6. The van der Waals surface area contributed by atoms with Gasteiger partial charge in [0.15, 0.2) is 0 Å². The van der Waals surface area contributed by atoms with Gasteiger partial charge in [-0.2, -0.15) is 0 Å². The van der Waals surface area contributed by atoms with Crippen molar-refractivity contribution in [3.63, 3.8) is 0 Å². The molecule has 2 aliphatic heterocycles. The number of unbranched alkanes of at least 4 members (excludes halogenated alkanes) is 28. The van der Waals surface area contributed by atoms with Gasteiger partial charge in [0.1, 0.15) is 12.2 Å². The molecule has 0 aromatic heterocycles. The third-order valence-corrected chi connectivity index (χ3v) is 10.1. The van der Waals surface area contributed by atoms with Gasteiger partial charge in [0.2, 0.25) is 0 Å². The van der Waals surface area contributed by atoms with Crippen LogP contribution >= 0.6 is 0 Å². The van der Waals surface area contributed by atoms with Gasteiger partial charge in [-0.15, -0.1) is 0 Å². The second-order valence-corrected chi connectivity index (χ2v) is 14.4. The summed E-state index contributed by atoms with van der Waals surface area (Å²) in [4.78, 5) is 0. The monoisotopic (exact) mass is 607 g/mol. The van der Waals surface area contributed by atoms with Crippen LogP contribution in [-0.4, -0.2) is 37.6 Å². The van der Waals surface area contributed by atoms with Crippen LogP contribution in [0.15, 0.2) is 0 Å². The smallest absolute Gasteiger partial charge is 0.107 e. The summed E-state index contributed by atoms with van der Waals surface area (Å²) < 4.78 is 18.1. The third-order valence-electron chi connectivity index (χ3n) is 10.1. The van der Waals surface area contributed by atoms with Crippen molar-refractivity contribution in [2.45, 2.75) is 244 Å². The van der Waals surface area contributed by atoms with Crippen molar-refractivity contribution in [1.29, 1.82) is 0 Å². The van der Waals surface area contributed by atoms with Gasteiger partial charge < -0.3 is 14.2 Å². The quantitative estimate of drug-likeness (QED) is 0.0525. The van der Waals surface area contributed by atoms with Gasteiger partial charge in [0, 0.05) is 0 Å². The van der Waals surface area contributed by atoms with Gasteiger partial charge in [-0.25, -0.2) is 0 Å². The summed E-state index contributed by atoms with van der Waals surface area (Å²) in [6, 6.07) is 0. The first-order chi connectivity index (χ1) is 21.3. The molecule has 0 saturated carbocycles. The minimum absolute atomic E-state index is 0.299. The van der Waals surface area contributed by atoms with Crippen LogP contribution in [0.3, 0.4) is 0 Å². The normalized spacial score (nSPS) is 19.1. The summed E-state index contributed by atoms with van der Waals surface area (Å²) in [5.74, 6) is 0. The number of rotatable bonds is 36. The molecule has 2 aliphatic rings. The largest absolute Gasteiger partial charge is 0.370 e. The fourth-order valence-electron chi connectivity index (χ4n) is 6.88. The molecule has 2 fully saturated rings. The maximum atomic E-state index is 6.69. The second kappa shape index (κ2) is 29.3. The number of epoxide rings is 2. The molecule has 2 rings (SSSR count). The third kappa shape index (κ3) is 24.7. The van der Waals surface area contributed by atoms with E-state index < -0.39 is 0 Å². The molecule has 3 nitrogen and oxygen atoms in total. The van der Waals surface area contributed by atoms with Crippen LogP contribution < -0.4 is 0 Å². The number of hydrogen-bond donors (Lipinski definition) is 0. The van der Waals surface area contributed by atoms with Crippen molar-refractivity contribution in [3.8, 4) is 0 Å². The van der Waals surface area contributed by atoms with Crippen LogP contribution in [0.25, 0.3) is 0 Å². The average molecular weight is 607 g/mol. The minimum Gasteiger partial charge on any atom is -0.370 e. The zero-order valence-electron chi connectivity index (χ0n) is 29.6. The molecule has 0 N–H and O–H groups in total. The highest BCUT2D eigenvalue weighted by molar-refractivity contribution is 4.86. The van der Waals surface area contributed by atoms with E-state index in [2.05, 4.69) is 13.8 Å². The molecule has 0 aromatic rings. The lowest BCUT2D eigenvalue weighted by Gasteiger charge is -2.23. The van der Waals surface area contributed by atoms with Crippen LogP contribution in [0.1, 0.15) is 219 Å². The van der Waals surface area contributed by atoms with E-state index in [0.717, 1.165) is 13.2 Å². The topological polar surface area (TPSA) is 34.3 Å². The van der Waals surface area contributed by atoms with E-state index in [1.165, 1.54) is 205 Å². The van der Waals surface area contributed by atoms with Crippen molar-refractivity contribution >= 4 is 0 Å². The standard InChI is InChI=1S/C40H78O3/c1-3-5-7-9-11-13-15-17-19-21-23-25-27-29-31-33-37(39-35-41-39)43-38(40-36-42-40)34-32-30-28-26-24-22-20-18-16-14-12-10-8-6-4-2/h37-40H,3-36H2,1-2H3. The summed E-state index contributed by atoms with van der Waals surface area (Å²) in [5, 5.41) is 0. The summed E-state index contributed by atoms with van der Waals surface area (Å²) in [5.41, 5.74) is 0. The highest BCUT2D eigenvalue weighted by Gasteiger charge is 2.40. The van der Waals surface area contributed by atoms with E-state index in [0.29, 0.717) is 24.4 Å². The molecule has 0 spiro atoms. The van der Waals surface area contributed by atoms with E-state index >= 15 is 0 Å². The predicted molar refractivity (Wildman–Crippen MR) is 187 cm³/mol. The van der Waals surface area contributed by atoms with Crippen molar-refractivity contribution in [3.05, 3.63) is 0 Å². The lowest BCUT2D eigenvalue weighted by atomic mass is 10.0. The van der Waals surface area contributed by atoms with E-state index in [-0.39, 0.29) is 0 Å². The molecule has 43 heavy (non-hydrogen) atoms. The Hall–Kier alpha value is -0.120. The molecule has 2 saturated heterocycles. The number of ether oxygens (including phenoxy) is 3. The molecule has 0 aromatic carbocycles. The molecule has 4 unspecified atom stereocenters. The van der Waals surface area contributed by atoms with E-state index in [1.807, 2.05) is 0 Å². The maximum Gasteiger partial charge on any atom is 0.107 e. The minimum atomic E-state index is 0.299. The van der Waals surface area contributed by atoms with Crippen molar-refractivity contribution in [1.82, 2.24) is 0 Å². The molecular weight excluding hydrogens is 528 g/mol.